The Morgan fingerprint density at radius 1 is 1.38 bits per heavy atom. The van der Waals surface area contributed by atoms with Gasteiger partial charge >= 0.3 is 6.18 Å². The number of nitrogens with zero attached hydrogens (tertiary/aromatic N) is 1. The van der Waals surface area contributed by atoms with Crippen molar-refractivity contribution in [3.05, 3.63) is 0 Å². The molecule has 0 spiro atoms. The monoisotopic (exact) mass is 260 g/mol. The van der Waals surface area contributed by atoms with Crippen molar-refractivity contribution in [2.24, 2.45) is 11.7 Å². The Kier molecular flexibility index (Phi) is 6.67. The maximum atomic E-state index is 12.1. The van der Waals surface area contributed by atoms with E-state index in [2.05, 4.69) is 6.92 Å². The Morgan fingerprint density at radius 2 is 2.00 bits per heavy atom. The average Bonchev–Trinajstić information content (AvgIpc) is 2.13. The second kappa shape index (κ2) is 6.67. The van der Waals surface area contributed by atoms with E-state index in [0.29, 0.717) is 12.5 Å². The summed E-state index contributed by atoms with van der Waals surface area (Å²) < 4.78 is 36.2. The van der Waals surface area contributed by atoms with E-state index in [1.807, 2.05) is 4.90 Å². The van der Waals surface area contributed by atoms with Gasteiger partial charge in [0.15, 0.2) is 0 Å². The van der Waals surface area contributed by atoms with Crippen molar-refractivity contribution in [3.8, 4) is 0 Å². The Bertz CT molecular complexity index is 199. The fourth-order valence-corrected chi connectivity index (χ4v) is 2.26. The van der Waals surface area contributed by atoms with E-state index < -0.39 is 12.6 Å². The lowest BCUT2D eigenvalue weighted by molar-refractivity contribution is -0.140. The van der Waals surface area contributed by atoms with Gasteiger partial charge in [0.2, 0.25) is 0 Å². The molecule has 0 saturated carbocycles. The highest BCUT2D eigenvalue weighted by molar-refractivity contribution is 5.85. The minimum absolute atomic E-state index is 0. The first-order valence-electron chi connectivity index (χ1n) is 5.45. The average molecular weight is 261 g/mol. The van der Waals surface area contributed by atoms with Crippen molar-refractivity contribution in [2.45, 2.75) is 38.4 Å². The van der Waals surface area contributed by atoms with Crippen LogP contribution in [0.2, 0.25) is 0 Å². The van der Waals surface area contributed by atoms with E-state index in [9.17, 15) is 13.2 Å². The van der Waals surface area contributed by atoms with E-state index in [0.717, 1.165) is 19.4 Å². The normalized spacial score (nSPS) is 27.6. The molecule has 0 radical (unpaired) electrons. The fraction of sp³-hybridized carbons (Fsp3) is 1.00. The van der Waals surface area contributed by atoms with Crippen LogP contribution < -0.4 is 5.73 Å². The van der Waals surface area contributed by atoms with Gasteiger partial charge in [-0.15, -0.1) is 12.4 Å². The van der Waals surface area contributed by atoms with Gasteiger partial charge in [-0.1, -0.05) is 6.92 Å². The third-order valence-corrected chi connectivity index (χ3v) is 3.15. The summed E-state index contributed by atoms with van der Waals surface area (Å²) in [6, 6.07) is 0.126. The van der Waals surface area contributed by atoms with Gasteiger partial charge in [-0.05, 0) is 25.3 Å². The molecule has 2 unspecified atom stereocenters. The predicted octanol–water partition coefficient (Wildman–Crippen LogP) is 2.42. The van der Waals surface area contributed by atoms with Gasteiger partial charge in [-0.25, -0.2) is 0 Å². The van der Waals surface area contributed by atoms with Crippen LogP contribution in [0.15, 0.2) is 0 Å². The van der Waals surface area contributed by atoms with Crippen LogP contribution in [0.25, 0.3) is 0 Å². The molecule has 2 N–H and O–H groups in total. The maximum absolute atomic E-state index is 12.1. The first-order chi connectivity index (χ1) is 6.94. The van der Waals surface area contributed by atoms with Gasteiger partial charge in [-0.3, -0.25) is 4.90 Å². The van der Waals surface area contributed by atoms with Crippen molar-refractivity contribution >= 4 is 12.4 Å². The highest BCUT2D eigenvalue weighted by Crippen LogP contribution is 2.25. The fourth-order valence-electron chi connectivity index (χ4n) is 2.26. The minimum Gasteiger partial charge on any atom is -0.329 e. The zero-order chi connectivity index (χ0) is 11.5. The SMILES string of the molecule is CC1CCCN(CCC(F)(F)F)C1CN.Cl. The zero-order valence-corrected chi connectivity index (χ0v) is 10.3. The second-order valence-corrected chi connectivity index (χ2v) is 4.32. The van der Waals surface area contributed by atoms with Gasteiger partial charge in [0.25, 0.3) is 0 Å². The van der Waals surface area contributed by atoms with Gasteiger partial charge in [0.1, 0.15) is 0 Å². The molecule has 1 fully saturated rings. The largest absolute Gasteiger partial charge is 0.390 e. The summed E-state index contributed by atoms with van der Waals surface area (Å²) in [6.45, 7) is 3.37. The van der Waals surface area contributed by atoms with Crippen LogP contribution in [-0.4, -0.2) is 36.8 Å². The molecule has 0 aromatic rings. The molecule has 2 nitrogen and oxygen atoms in total. The number of nitrogens with two attached hydrogens (primary N) is 1. The summed E-state index contributed by atoms with van der Waals surface area (Å²) >= 11 is 0. The zero-order valence-electron chi connectivity index (χ0n) is 9.46. The molecule has 0 aromatic carbocycles. The van der Waals surface area contributed by atoms with Crippen molar-refractivity contribution < 1.29 is 13.2 Å². The van der Waals surface area contributed by atoms with Gasteiger partial charge in [0.05, 0.1) is 6.42 Å². The number of hydrogen-bond donors (Lipinski definition) is 1. The predicted molar refractivity (Wildman–Crippen MR) is 60.7 cm³/mol. The van der Waals surface area contributed by atoms with Crippen molar-refractivity contribution in [1.29, 1.82) is 0 Å². The summed E-state index contributed by atoms with van der Waals surface area (Å²) in [6.07, 6.45) is -2.73. The molecule has 2 atom stereocenters. The Hall–Kier alpha value is 0. The molecule has 1 heterocycles. The molecular weight excluding hydrogens is 241 g/mol. The molecule has 0 bridgehead atoms. The molecular formula is C10H20ClF3N2. The summed E-state index contributed by atoms with van der Waals surface area (Å²) in [5.74, 6) is 0.414. The number of likely N-dealkylation sites (tertiary alicyclic amines) is 1. The van der Waals surface area contributed by atoms with E-state index in [1.165, 1.54) is 0 Å². The molecule has 6 heteroatoms. The highest BCUT2D eigenvalue weighted by atomic mass is 35.5. The molecule has 0 amide bonds. The molecule has 98 valence electrons. The molecule has 16 heavy (non-hydrogen) atoms. The third kappa shape index (κ3) is 4.89. The lowest BCUT2D eigenvalue weighted by Gasteiger charge is -2.39. The molecule has 1 aliphatic rings. The smallest absolute Gasteiger partial charge is 0.329 e. The van der Waals surface area contributed by atoms with Crippen LogP contribution >= 0.6 is 12.4 Å². The van der Waals surface area contributed by atoms with Crippen LogP contribution in [0.1, 0.15) is 26.2 Å². The van der Waals surface area contributed by atoms with Crippen molar-refractivity contribution in [2.75, 3.05) is 19.6 Å². The maximum Gasteiger partial charge on any atom is 0.390 e. The molecule has 0 aliphatic carbocycles. The Morgan fingerprint density at radius 3 is 2.50 bits per heavy atom. The lowest BCUT2D eigenvalue weighted by atomic mass is 9.91. The van der Waals surface area contributed by atoms with E-state index in [-0.39, 0.29) is 25.0 Å². The van der Waals surface area contributed by atoms with Crippen LogP contribution in [0.4, 0.5) is 13.2 Å². The quantitative estimate of drug-likeness (QED) is 0.845. The molecule has 1 saturated heterocycles. The molecule has 0 aromatic heterocycles. The van der Waals surface area contributed by atoms with E-state index >= 15 is 0 Å². The van der Waals surface area contributed by atoms with Gasteiger partial charge < -0.3 is 5.73 Å². The third-order valence-electron chi connectivity index (χ3n) is 3.15. The first kappa shape index (κ1) is 16.0. The number of rotatable bonds is 3. The lowest BCUT2D eigenvalue weighted by Crippen LogP contribution is -2.49. The van der Waals surface area contributed by atoms with Crippen LogP contribution in [-0.2, 0) is 0 Å². The van der Waals surface area contributed by atoms with Crippen LogP contribution in [0, 0.1) is 5.92 Å². The highest BCUT2D eigenvalue weighted by Gasteiger charge is 2.32. The summed E-state index contributed by atoms with van der Waals surface area (Å²) in [5.41, 5.74) is 5.60. The number of halogens is 4. The number of piperidine rings is 1. The van der Waals surface area contributed by atoms with Crippen LogP contribution in [0.3, 0.4) is 0 Å². The number of alkyl halides is 3. The van der Waals surface area contributed by atoms with Crippen molar-refractivity contribution in [3.63, 3.8) is 0 Å². The molecule has 1 aliphatic heterocycles. The summed E-state index contributed by atoms with van der Waals surface area (Å²) in [4.78, 5) is 1.89. The van der Waals surface area contributed by atoms with Gasteiger partial charge in [0, 0.05) is 19.1 Å². The van der Waals surface area contributed by atoms with Crippen molar-refractivity contribution in [1.82, 2.24) is 4.90 Å². The Balaban J connectivity index is 0.00000225. The standard InChI is InChI=1S/C10H19F3N2.ClH/c1-8-3-2-5-15(9(8)7-14)6-4-10(11,12)13;/h8-9H,2-7,14H2,1H3;1H. The Labute approximate surface area is 101 Å². The molecule has 1 rings (SSSR count). The summed E-state index contributed by atoms with van der Waals surface area (Å²) in [7, 11) is 0. The van der Waals surface area contributed by atoms with Crippen LogP contribution in [0.5, 0.6) is 0 Å². The first-order valence-corrected chi connectivity index (χ1v) is 5.45. The van der Waals surface area contributed by atoms with E-state index in [4.69, 9.17) is 5.73 Å². The number of hydrogen-bond acceptors (Lipinski definition) is 2. The van der Waals surface area contributed by atoms with E-state index in [1.54, 1.807) is 0 Å². The topological polar surface area (TPSA) is 29.3 Å². The summed E-state index contributed by atoms with van der Waals surface area (Å²) in [5, 5.41) is 0. The minimum atomic E-state index is -4.06. The van der Waals surface area contributed by atoms with Gasteiger partial charge in [-0.2, -0.15) is 13.2 Å². The second-order valence-electron chi connectivity index (χ2n) is 4.32.